The van der Waals surface area contributed by atoms with E-state index in [2.05, 4.69) is 4.98 Å². The van der Waals surface area contributed by atoms with Crippen molar-refractivity contribution in [2.75, 3.05) is 6.54 Å². The molecule has 0 saturated carbocycles. The van der Waals surface area contributed by atoms with Gasteiger partial charge in [-0.3, -0.25) is 18.8 Å². The molecular formula is C16H23N5O4. The first-order valence-electron chi connectivity index (χ1n) is 8.24. The zero-order chi connectivity index (χ0) is 18.5. The Kier molecular flexibility index (Phi) is 3.97. The summed E-state index contributed by atoms with van der Waals surface area (Å²) in [5.74, 6) is 0. The molecule has 9 nitrogen and oxygen atoms in total. The lowest BCUT2D eigenvalue weighted by Gasteiger charge is -2.29. The van der Waals surface area contributed by atoms with Crippen LogP contribution in [0.3, 0.4) is 0 Å². The second-order valence-corrected chi connectivity index (χ2v) is 7.33. The van der Waals surface area contributed by atoms with Crippen LogP contribution in [0.5, 0.6) is 0 Å². The minimum Gasteiger partial charge on any atom is -0.444 e. The predicted octanol–water partition coefficient (Wildman–Crippen LogP) is 0.963. The summed E-state index contributed by atoms with van der Waals surface area (Å²) < 4.78 is 9.53. The number of hydrogen-bond acceptors (Lipinski definition) is 5. The monoisotopic (exact) mass is 349 g/mol. The Hall–Kier alpha value is -2.58. The van der Waals surface area contributed by atoms with Crippen molar-refractivity contribution in [3.05, 3.63) is 27.2 Å². The SMILES string of the molecule is Cn1c(=O)c2c(ncn2C2CCCN2C(=O)OC(C)(C)C)n(C)c1=O. The molecule has 9 heteroatoms. The molecule has 0 radical (unpaired) electrons. The zero-order valence-corrected chi connectivity index (χ0v) is 15.1. The largest absolute Gasteiger partial charge is 0.444 e. The molecule has 0 spiro atoms. The fourth-order valence-electron chi connectivity index (χ4n) is 3.16. The van der Waals surface area contributed by atoms with Gasteiger partial charge in [-0.25, -0.2) is 14.6 Å². The second kappa shape index (κ2) is 5.75. The number of aryl methyl sites for hydroxylation is 1. The van der Waals surface area contributed by atoms with E-state index in [1.807, 2.05) is 20.8 Å². The Labute approximate surface area is 144 Å². The molecule has 1 saturated heterocycles. The van der Waals surface area contributed by atoms with Gasteiger partial charge >= 0.3 is 11.8 Å². The van der Waals surface area contributed by atoms with Gasteiger partial charge in [-0.15, -0.1) is 0 Å². The maximum atomic E-state index is 12.6. The molecule has 1 aliphatic heterocycles. The standard InChI is InChI=1S/C16H23N5O4/c1-16(2,3)25-15(24)20-8-6-7-10(20)21-9-17-12-11(21)13(22)19(5)14(23)18(12)4/h9-10H,6-8H2,1-5H3. The molecule has 1 atom stereocenters. The molecular weight excluding hydrogens is 326 g/mol. The van der Waals surface area contributed by atoms with Gasteiger partial charge in [0.2, 0.25) is 0 Å². The summed E-state index contributed by atoms with van der Waals surface area (Å²) in [4.78, 5) is 43.0. The van der Waals surface area contributed by atoms with Crippen molar-refractivity contribution < 1.29 is 9.53 Å². The van der Waals surface area contributed by atoms with Gasteiger partial charge in [-0.1, -0.05) is 0 Å². The van der Waals surface area contributed by atoms with Crippen LogP contribution in [0.15, 0.2) is 15.9 Å². The molecule has 0 bridgehead atoms. The molecule has 136 valence electrons. The van der Waals surface area contributed by atoms with Crippen molar-refractivity contribution >= 4 is 17.3 Å². The third-order valence-electron chi connectivity index (χ3n) is 4.34. The van der Waals surface area contributed by atoms with Gasteiger partial charge in [-0.05, 0) is 33.6 Å². The molecule has 0 aliphatic carbocycles. The summed E-state index contributed by atoms with van der Waals surface area (Å²) in [7, 11) is 3.00. The van der Waals surface area contributed by atoms with Crippen LogP contribution in [-0.4, -0.2) is 41.8 Å². The molecule has 2 aromatic rings. The predicted molar refractivity (Wildman–Crippen MR) is 91.4 cm³/mol. The smallest absolute Gasteiger partial charge is 0.411 e. The van der Waals surface area contributed by atoms with Gasteiger partial charge in [0, 0.05) is 20.6 Å². The fraction of sp³-hybridized carbons (Fsp3) is 0.625. The zero-order valence-electron chi connectivity index (χ0n) is 15.1. The highest BCUT2D eigenvalue weighted by molar-refractivity contribution is 5.72. The van der Waals surface area contributed by atoms with Crippen molar-refractivity contribution in [3.8, 4) is 0 Å². The highest BCUT2D eigenvalue weighted by Gasteiger charge is 2.34. The van der Waals surface area contributed by atoms with Crippen LogP contribution in [0.25, 0.3) is 11.2 Å². The Morgan fingerprint density at radius 3 is 2.56 bits per heavy atom. The van der Waals surface area contributed by atoms with Crippen molar-refractivity contribution in [3.63, 3.8) is 0 Å². The maximum absolute atomic E-state index is 12.6. The van der Waals surface area contributed by atoms with Crippen LogP contribution in [0.2, 0.25) is 0 Å². The van der Waals surface area contributed by atoms with E-state index in [0.717, 1.165) is 11.0 Å². The average molecular weight is 349 g/mol. The fourth-order valence-corrected chi connectivity index (χ4v) is 3.16. The van der Waals surface area contributed by atoms with E-state index in [9.17, 15) is 14.4 Å². The lowest BCUT2D eigenvalue weighted by atomic mass is 10.2. The molecule has 0 N–H and O–H groups in total. The number of carbonyl (C=O) groups excluding carboxylic acids is 1. The van der Waals surface area contributed by atoms with Crippen molar-refractivity contribution in [2.45, 2.75) is 45.4 Å². The lowest BCUT2D eigenvalue weighted by molar-refractivity contribution is 0.0167. The van der Waals surface area contributed by atoms with E-state index in [1.165, 1.54) is 17.9 Å². The number of hydrogen-bond donors (Lipinski definition) is 0. The van der Waals surface area contributed by atoms with Crippen LogP contribution in [-0.2, 0) is 18.8 Å². The molecule has 3 rings (SSSR count). The van der Waals surface area contributed by atoms with Crippen molar-refractivity contribution in [2.24, 2.45) is 14.1 Å². The molecule has 1 fully saturated rings. The van der Waals surface area contributed by atoms with E-state index >= 15 is 0 Å². The number of fused-ring (bicyclic) bond motifs is 1. The normalized spacial score (nSPS) is 18.1. The molecule has 3 heterocycles. The molecule has 1 aliphatic rings. The molecule has 1 amide bonds. The summed E-state index contributed by atoms with van der Waals surface area (Å²) in [5, 5.41) is 0. The van der Waals surface area contributed by atoms with E-state index < -0.39 is 22.9 Å². The van der Waals surface area contributed by atoms with Crippen molar-refractivity contribution in [1.29, 1.82) is 0 Å². The number of carbonyl (C=O) groups is 1. The number of aromatic nitrogens is 4. The second-order valence-electron chi connectivity index (χ2n) is 7.33. The number of amides is 1. The Morgan fingerprint density at radius 2 is 1.92 bits per heavy atom. The summed E-state index contributed by atoms with van der Waals surface area (Å²) in [6.07, 6.45) is 2.23. The first-order valence-corrected chi connectivity index (χ1v) is 8.24. The van der Waals surface area contributed by atoms with Crippen molar-refractivity contribution in [1.82, 2.24) is 23.6 Å². The van der Waals surface area contributed by atoms with Crippen LogP contribution in [0.1, 0.15) is 39.8 Å². The summed E-state index contributed by atoms with van der Waals surface area (Å²) >= 11 is 0. The van der Waals surface area contributed by atoms with Gasteiger partial charge in [0.25, 0.3) is 5.56 Å². The quantitative estimate of drug-likeness (QED) is 0.765. The molecule has 2 aromatic heterocycles. The van der Waals surface area contributed by atoms with E-state index in [0.29, 0.717) is 24.1 Å². The van der Waals surface area contributed by atoms with Gasteiger partial charge in [0.15, 0.2) is 11.2 Å². The Bertz CT molecular complexity index is 946. The van der Waals surface area contributed by atoms with E-state index in [1.54, 1.807) is 16.5 Å². The van der Waals surface area contributed by atoms with Crippen LogP contribution >= 0.6 is 0 Å². The average Bonchev–Trinajstić information content (AvgIpc) is 3.15. The maximum Gasteiger partial charge on any atom is 0.411 e. The highest BCUT2D eigenvalue weighted by atomic mass is 16.6. The van der Waals surface area contributed by atoms with Gasteiger partial charge < -0.3 is 9.30 Å². The third-order valence-corrected chi connectivity index (χ3v) is 4.34. The van der Waals surface area contributed by atoms with E-state index in [-0.39, 0.29) is 6.17 Å². The Morgan fingerprint density at radius 1 is 1.24 bits per heavy atom. The number of imidazole rings is 1. The van der Waals surface area contributed by atoms with Crippen LogP contribution in [0.4, 0.5) is 4.79 Å². The topological polar surface area (TPSA) is 91.4 Å². The van der Waals surface area contributed by atoms with Crippen LogP contribution < -0.4 is 11.2 Å². The first kappa shape index (κ1) is 17.2. The molecule has 25 heavy (non-hydrogen) atoms. The van der Waals surface area contributed by atoms with Gasteiger partial charge in [-0.2, -0.15) is 0 Å². The van der Waals surface area contributed by atoms with Gasteiger partial charge in [0.1, 0.15) is 11.8 Å². The number of rotatable bonds is 1. The Balaban J connectivity index is 2.09. The van der Waals surface area contributed by atoms with Gasteiger partial charge in [0.05, 0.1) is 6.33 Å². The van der Waals surface area contributed by atoms with Crippen LogP contribution in [0, 0.1) is 0 Å². The number of ether oxygens (including phenoxy) is 1. The minimum atomic E-state index is -0.596. The summed E-state index contributed by atoms with van der Waals surface area (Å²) in [6.45, 7) is 5.99. The third kappa shape index (κ3) is 2.83. The highest BCUT2D eigenvalue weighted by Crippen LogP contribution is 2.30. The number of likely N-dealkylation sites (tertiary alicyclic amines) is 1. The summed E-state index contributed by atoms with van der Waals surface area (Å²) in [6, 6.07) is 0. The first-order chi connectivity index (χ1) is 11.6. The minimum absolute atomic E-state index is 0.309. The summed E-state index contributed by atoms with van der Waals surface area (Å²) in [5.41, 5.74) is -0.833. The number of nitrogens with zero attached hydrogens (tertiary/aromatic N) is 5. The molecule has 1 unspecified atom stereocenters. The molecule has 0 aromatic carbocycles. The lowest BCUT2D eigenvalue weighted by Crippen LogP contribution is -2.40. The van der Waals surface area contributed by atoms with E-state index in [4.69, 9.17) is 4.74 Å².